The number of aromatic nitrogens is 1. The number of benzene rings is 2. The van der Waals surface area contributed by atoms with Crippen molar-refractivity contribution in [2.75, 3.05) is 13.7 Å². The summed E-state index contributed by atoms with van der Waals surface area (Å²) in [4.78, 5) is 3.09. The molecule has 3 heterocycles. The fourth-order valence-corrected chi connectivity index (χ4v) is 16.8. The zero-order valence-corrected chi connectivity index (χ0v) is 39.0. The second-order valence-corrected chi connectivity index (χ2v) is 22.9. The Balaban J connectivity index is 0.972. The first-order valence-corrected chi connectivity index (χ1v) is 26.0. The fraction of sp³-hybridized carbons (Fsp3) is 0.709. The summed E-state index contributed by atoms with van der Waals surface area (Å²) in [6, 6.07) is 8.76. The molecule has 1 saturated heterocycles. The molecule has 7 fully saturated rings. The fourth-order valence-electron chi connectivity index (χ4n) is 16.8. The molecule has 2 bridgehead atoms. The normalized spacial score (nSPS) is 39.5. The lowest BCUT2D eigenvalue weighted by Crippen LogP contribution is -2.57. The van der Waals surface area contributed by atoms with Gasteiger partial charge >= 0.3 is 0 Å². The van der Waals surface area contributed by atoms with Crippen LogP contribution < -0.4 is 9.47 Å². The largest absolute Gasteiger partial charge is 0.504 e. The van der Waals surface area contributed by atoms with Crippen molar-refractivity contribution < 1.29 is 50.0 Å². The van der Waals surface area contributed by atoms with Crippen molar-refractivity contribution in [3.8, 4) is 23.0 Å². The number of methoxy groups -OCH3 is 1. The molecule has 66 heavy (non-hydrogen) atoms. The molecular formula is C55H75NO10. The van der Waals surface area contributed by atoms with Crippen molar-refractivity contribution in [2.45, 2.75) is 183 Å². The van der Waals surface area contributed by atoms with Crippen molar-refractivity contribution in [1.82, 2.24) is 4.98 Å². The molecule has 3 aromatic rings. The minimum absolute atomic E-state index is 0.0192. The Morgan fingerprint density at radius 2 is 1.62 bits per heavy atom. The van der Waals surface area contributed by atoms with Gasteiger partial charge in [0.25, 0.3) is 0 Å². The lowest BCUT2D eigenvalue weighted by Gasteiger charge is -2.60. The van der Waals surface area contributed by atoms with Crippen LogP contribution >= 0.6 is 0 Å². The smallest absolute Gasteiger partial charge is 0.201 e. The summed E-state index contributed by atoms with van der Waals surface area (Å²) in [6.07, 6.45) is 18.6. The monoisotopic (exact) mass is 910 g/mol. The van der Waals surface area contributed by atoms with E-state index in [4.69, 9.17) is 14.2 Å². The van der Waals surface area contributed by atoms with E-state index in [1.54, 1.807) is 0 Å². The molecule has 0 unspecified atom stereocenters. The van der Waals surface area contributed by atoms with Gasteiger partial charge in [-0.25, -0.2) is 0 Å². The van der Waals surface area contributed by atoms with Crippen molar-refractivity contribution in [1.29, 1.82) is 0 Å². The van der Waals surface area contributed by atoms with Gasteiger partial charge in [-0.1, -0.05) is 37.8 Å². The molecule has 2 aromatic carbocycles. The molecule has 2 aliphatic heterocycles. The second-order valence-electron chi connectivity index (χ2n) is 22.9. The van der Waals surface area contributed by atoms with Gasteiger partial charge in [0.1, 0.15) is 5.75 Å². The van der Waals surface area contributed by atoms with Gasteiger partial charge in [0, 0.05) is 42.3 Å². The predicted octanol–water partition coefficient (Wildman–Crippen LogP) is 8.82. The average molecular weight is 910 g/mol. The maximum Gasteiger partial charge on any atom is 0.201 e. The van der Waals surface area contributed by atoms with Crippen LogP contribution in [0.4, 0.5) is 0 Å². The highest BCUT2D eigenvalue weighted by molar-refractivity contribution is 5.64. The Morgan fingerprint density at radius 3 is 2.41 bits per heavy atom. The Hall–Kier alpha value is -3.32. The van der Waals surface area contributed by atoms with Crippen LogP contribution in [0, 0.1) is 46.8 Å². The van der Waals surface area contributed by atoms with Gasteiger partial charge in [-0.15, -0.1) is 0 Å². The lowest BCUT2D eigenvalue weighted by atomic mass is 9.45. The average Bonchev–Trinajstić information content (AvgIpc) is 4.16. The number of nitrogens with one attached hydrogen (secondary N) is 1. The van der Waals surface area contributed by atoms with E-state index in [2.05, 4.69) is 23.2 Å². The number of aliphatic hydroxyl groups excluding tert-OH is 4. The third kappa shape index (κ3) is 7.78. The quantitative estimate of drug-likeness (QED) is 0.111. The maximum absolute atomic E-state index is 12.9. The first-order chi connectivity index (χ1) is 32.0. The molecule has 11 rings (SSSR count). The van der Waals surface area contributed by atoms with Gasteiger partial charge in [0.2, 0.25) is 5.75 Å². The summed E-state index contributed by atoms with van der Waals surface area (Å²) in [5, 5.41) is 82.3. The number of aliphatic hydroxyl groups is 5. The number of hydrogen-bond acceptors (Lipinski definition) is 10. The number of H-pyrrole nitrogens is 1. The Morgan fingerprint density at radius 1 is 0.788 bits per heavy atom. The van der Waals surface area contributed by atoms with Crippen LogP contribution in [-0.2, 0) is 17.8 Å². The molecule has 1 spiro atoms. The number of fused-ring (bicyclic) bond motifs is 11. The van der Waals surface area contributed by atoms with Gasteiger partial charge in [0.05, 0.1) is 56.4 Å². The Kier molecular flexibility index (Phi) is 12.2. The SMILES string of the molecule is COc1c(O)c(O)c(CO)c([C@@H]2C[C@H](O)[C@H]3CC[C@H](c4ccc5c(c4)[C@@H]4[C@H]6[C@@H](CC7(CCCC7)[C@H]4[C@H](O)CC[C@@]4(O)CC[C@@H](CCO5)C4)[C@H]4CCC[C@@H]4C[C@H]6O)C[C@@H]3O2)c1Cc1cc[nH]c1. The van der Waals surface area contributed by atoms with Gasteiger partial charge in [0.15, 0.2) is 11.5 Å². The van der Waals surface area contributed by atoms with Gasteiger partial charge < -0.3 is 54.9 Å². The van der Waals surface area contributed by atoms with Crippen LogP contribution in [0.25, 0.3) is 0 Å². The summed E-state index contributed by atoms with van der Waals surface area (Å²) < 4.78 is 19.8. The van der Waals surface area contributed by atoms with Crippen LogP contribution in [0.2, 0.25) is 0 Å². The summed E-state index contributed by atoms with van der Waals surface area (Å²) >= 11 is 0. The van der Waals surface area contributed by atoms with E-state index in [9.17, 15) is 35.7 Å². The molecule has 0 amide bonds. The van der Waals surface area contributed by atoms with E-state index in [0.29, 0.717) is 67.1 Å². The molecule has 8 aliphatic rings. The zero-order chi connectivity index (χ0) is 45.5. The molecule has 6 saturated carbocycles. The van der Waals surface area contributed by atoms with E-state index >= 15 is 0 Å². The number of hydrogen-bond donors (Lipinski definition) is 8. The predicted molar refractivity (Wildman–Crippen MR) is 248 cm³/mol. The lowest BCUT2D eigenvalue weighted by molar-refractivity contribution is -0.154. The van der Waals surface area contributed by atoms with Crippen LogP contribution in [-0.4, -0.2) is 84.5 Å². The summed E-state index contributed by atoms with van der Waals surface area (Å²) in [5.41, 5.74) is 3.83. The molecule has 6 aliphatic carbocycles. The minimum atomic E-state index is -0.748. The van der Waals surface area contributed by atoms with Crippen LogP contribution in [0.15, 0.2) is 36.7 Å². The van der Waals surface area contributed by atoms with Crippen molar-refractivity contribution in [2.24, 2.45) is 46.8 Å². The molecule has 11 nitrogen and oxygen atoms in total. The number of ether oxygens (including phenoxy) is 3. The van der Waals surface area contributed by atoms with E-state index in [0.717, 1.165) is 81.1 Å². The van der Waals surface area contributed by atoms with Gasteiger partial charge in [-0.2, -0.15) is 0 Å². The Labute approximate surface area is 390 Å². The first kappa shape index (κ1) is 45.1. The standard InChI is InChI=1S/C55H75NO10/c1-64-53-38(21-31-13-19-56-28-31)47(40(29-57)51(61)52(53)62)46-25-42(59)36-9-7-33(24-45(36)66-46)32-8-10-44-37(22-32)49-48-39(35-6-4-5-34(35)23-43(48)60)27-54(15-2-3-16-54)50(49)41(58)12-18-55(63)17-11-30(26-55)14-20-65-44/h8,10,13,19,22,28,30,33-36,39,41-43,45-46,48-50,56-63H,2-7,9,11-12,14-18,20-21,23-27,29H2,1H3/t30-,33-,34+,35-,36+,39-,41+,42-,43+,45-,46-,48-,49+,50-,55-/m0/s1. The minimum Gasteiger partial charge on any atom is -0.504 e. The van der Waals surface area contributed by atoms with Crippen LogP contribution in [0.3, 0.4) is 0 Å². The van der Waals surface area contributed by atoms with Crippen LogP contribution in [0.5, 0.6) is 23.0 Å². The van der Waals surface area contributed by atoms with Crippen molar-refractivity contribution in [3.05, 3.63) is 70.0 Å². The van der Waals surface area contributed by atoms with Crippen molar-refractivity contribution in [3.63, 3.8) is 0 Å². The number of phenolic OH excluding ortho intramolecular Hbond substituents is 1. The Bertz CT molecular complexity index is 2200. The molecule has 1 aromatic heterocycles. The first-order valence-electron chi connectivity index (χ1n) is 26.0. The van der Waals surface area contributed by atoms with E-state index in [-0.39, 0.29) is 58.8 Å². The maximum atomic E-state index is 12.9. The number of aromatic amines is 1. The summed E-state index contributed by atoms with van der Waals surface area (Å²) in [6.45, 7) is 0.0413. The second kappa shape index (κ2) is 17.9. The summed E-state index contributed by atoms with van der Waals surface area (Å²) in [5.74, 6) is 1.99. The van der Waals surface area contributed by atoms with E-state index in [1.165, 1.54) is 44.8 Å². The van der Waals surface area contributed by atoms with Gasteiger partial charge in [-0.3, -0.25) is 0 Å². The molecule has 0 radical (unpaired) electrons. The highest BCUT2D eigenvalue weighted by Crippen LogP contribution is 2.68. The molecule has 360 valence electrons. The van der Waals surface area contributed by atoms with E-state index < -0.39 is 48.1 Å². The topological polar surface area (TPSA) is 185 Å². The highest BCUT2D eigenvalue weighted by Gasteiger charge is 2.62. The third-order valence-corrected chi connectivity index (χ3v) is 19.7. The third-order valence-electron chi connectivity index (χ3n) is 19.7. The number of phenols is 2. The molecule has 11 heteroatoms. The van der Waals surface area contributed by atoms with Gasteiger partial charge in [-0.05, 0) is 177 Å². The molecule has 15 atom stereocenters. The molecule has 8 N–H and O–H groups in total. The zero-order valence-electron chi connectivity index (χ0n) is 39.0. The number of aromatic hydroxyl groups is 2. The van der Waals surface area contributed by atoms with Crippen molar-refractivity contribution >= 4 is 0 Å². The highest BCUT2D eigenvalue weighted by atomic mass is 16.5. The van der Waals surface area contributed by atoms with Crippen LogP contribution in [0.1, 0.15) is 173 Å². The number of rotatable bonds is 6. The summed E-state index contributed by atoms with van der Waals surface area (Å²) in [7, 11) is 1.45. The molecular weight excluding hydrogens is 835 g/mol. The van der Waals surface area contributed by atoms with E-state index in [1.807, 2.05) is 18.5 Å².